The van der Waals surface area contributed by atoms with Gasteiger partial charge in [-0.3, -0.25) is 0 Å². The Morgan fingerprint density at radius 2 is 2.11 bits per heavy atom. The van der Waals surface area contributed by atoms with Crippen LogP contribution in [0.4, 0.5) is 0 Å². The van der Waals surface area contributed by atoms with Gasteiger partial charge in [-0.1, -0.05) is 11.2 Å². The normalized spacial score (nSPS) is 10.5. The number of hydrogen-bond donors (Lipinski definition) is 1. The summed E-state index contributed by atoms with van der Waals surface area (Å²) >= 11 is 0. The van der Waals surface area contributed by atoms with Gasteiger partial charge in [-0.2, -0.15) is 0 Å². The number of rotatable bonds is 4. The van der Waals surface area contributed by atoms with Crippen molar-refractivity contribution in [3.8, 4) is 5.75 Å². The van der Waals surface area contributed by atoms with Crippen LogP contribution in [0.2, 0.25) is 0 Å². The van der Waals surface area contributed by atoms with Crippen molar-refractivity contribution in [2.75, 3.05) is 0 Å². The van der Waals surface area contributed by atoms with E-state index in [-0.39, 0.29) is 5.56 Å². The Hall–Kier alpha value is -2.30. The Labute approximate surface area is 110 Å². The molecule has 1 N–H and O–H groups in total. The van der Waals surface area contributed by atoms with Gasteiger partial charge in [0.25, 0.3) is 0 Å². The van der Waals surface area contributed by atoms with Crippen LogP contribution in [0.3, 0.4) is 0 Å². The molecule has 0 saturated heterocycles. The van der Waals surface area contributed by atoms with Crippen LogP contribution in [-0.2, 0) is 6.61 Å². The van der Waals surface area contributed by atoms with Crippen LogP contribution >= 0.6 is 0 Å². The molecule has 5 heteroatoms. The number of ether oxygens (including phenoxy) is 1. The van der Waals surface area contributed by atoms with Crippen molar-refractivity contribution in [3.05, 3.63) is 46.3 Å². The van der Waals surface area contributed by atoms with E-state index in [1.807, 2.05) is 20.8 Å². The fourth-order valence-electron chi connectivity index (χ4n) is 1.75. The van der Waals surface area contributed by atoms with E-state index in [0.29, 0.717) is 18.1 Å². The molecule has 100 valence electrons. The Bertz CT molecular complexity index is 596. The minimum atomic E-state index is -0.970. The number of aryl methyl sites for hydroxylation is 3. The topological polar surface area (TPSA) is 72.6 Å². The predicted molar refractivity (Wildman–Crippen MR) is 68.4 cm³/mol. The average molecular weight is 261 g/mol. The number of benzene rings is 1. The van der Waals surface area contributed by atoms with Crippen molar-refractivity contribution in [3.63, 3.8) is 0 Å². The molecule has 0 saturated carbocycles. The average Bonchev–Trinajstić information content (AvgIpc) is 2.68. The van der Waals surface area contributed by atoms with E-state index in [9.17, 15) is 4.79 Å². The van der Waals surface area contributed by atoms with Crippen LogP contribution < -0.4 is 4.74 Å². The van der Waals surface area contributed by atoms with Gasteiger partial charge in [0.15, 0.2) is 0 Å². The molecule has 0 aliphatic heterocycles. The molecule has 1 aromatic carbocycles. The second kappa shape index (κ2) is 5.14. The standard InChI is InChI=1S/C14H15NO4/c1-8-4-5-11(14(16)17)6-13(8)18-7-12-9(2)15-19-10(12)3/h4-6H,7H2,1-3H3,(H,16,17). The molecule has 0 amide bonds. The van der Waals surface area contributed by atoms with Gasteiger partial charge in [-0.15, -0.1) is 0 Å². The first-order chi connectivity index (χ1) is 8.99. The minimum absolute atomic E-state index is 0.208. The van der Waals surface area contributed by atoms with Crippen LogP contribution in [-0.4, -0.2) is 16.2 Å². The molecule has 2 aromatic rings. The zero-order valence-corrected chi connectivity index (χ0v) is 11.1. The first kappa shape index (κ1) is 13.1. The van der Waals surface area contributed by atoms with E-state index < -0.39 is 5.97 Å². The quantitative estimate of drug-likeness (QED) is 0.916. The maximum Gasteiger partial charge on any atom is 0.335 e. The molecule has 19 heavy (non-hydrogen) atoms. The summed E-state index contributed by atoms with van der Waals surface area (Å²) in [4.78, 5) is 10.9. The van der Waals surface area contributed by atoms with Crippen molar-refractivity contribution in [2.45, 2.75) is 27.4 Å². The van der Waals surface area contributed by atoms with Crippen molar-refractivity contribution in [1.29, 1.82) is 0 Å². The molecule has 0 atom stereocenters. The van der Waals surface area contributed by atoms with Crippen LogP contribution in [0.15, 0.2) is 22.7 Å². The molecule has 2 rings (SSSR count). The van der Waals surface area contributed by atoms with Gasteiger partial charge in [-0.25, -0.2) is 4.79 Å². The van der Waals surface area contributed by atoms with Gasteiger partial charge in [0.1, 0.15) is 18.1 Å². The van der Waals surface area contributed by atoms with Gasteiger partial charge in [0.2, 0.25) is 0 Å². The number of hydrogen-bond acceptors (Lipinski definition) is 4. The lowest BCUT2D eigenvalue weighted by Gasteiger charge is -2.09. The number of nitrogens with zero attached hydrogens (tertiary/aromatic N) is 1. The first-order valence-electron chi connectivity index (χ1n) is 5.87. The Morgan fingerprint density at radius 1 is 1.37 bits per heavy atom. The van der Waals surface area contributed by atoms with Crippen LogP contribution in [0.1, 0.15) is 32.9 Å². The summed E-state index contributed by atoms with van der Waals surface area (Å²) in [5, 5.41) is 12.8. The summed E-state index contributed by atoms with van der Waals surface area (Å²) in [5.74, 6) is 0.298. The van der Waals surface area contributed by atoms with Gasteiger partial charge in [-0.05, 0) is 38.5 Å². The number of carboxylic acids is 1. The number of aromatic nitrogens is 1. The minimum Gasteiger partial charge on any atom is -0.488 e. The maximum atomic E-state index is 10.9. The maximum absolute atomic E-state index is 10.9. The zero-order valence-electron chi connectivity index (χ0n) is 11.1. The van der Waals surface area contributed by atoms with E-state index in [4.69, 9.17) is 14.4 Å². The molecule has 0 fully saturated rings. The molecule has 0 bridgehead atoms. The van der Waals surface area contributed by atoms with E-state index in [1.165, 1.54) is 6.07 Å². The lowest BCUT2D eigenvalue weighted by atomic mass is 10.1. The van der Waals surface area contributed by atoms with Gasteiger partial charge in [0, 0.05) is 0 Å². The van der Waals surface area contributed by atoms with Crippen molar-refractivity contribution in [2.24, 2.45) is 0 Å². The Balaban J connectivity index is 2.20. The molecule has 0 unspecified atom stereocenters. The van der Waals surface area contributed by atoms with Crippen LogP contribution in [0, 0.1) is 20.8 Å². The number of carbonyl (C=O) groups is 1. The van der Waals surface area contributed by atoms with Gasteiger partial charge >= 0.3 is 5.97 Å². The highest BCUT2D eigenvalue weighted by Crippen LogP contribution is 2.22. The lowest BCUT2D eigenvalue weighted by molar-refractivity contribution is 0.0696. The van der Waals surface area contributed by atoms with E-state index in [1.54, 1.807) is 12.1 Å². The number of carboxylic acid groups (broad SMARTS) is 1. The lowest BCUT2D eigenvalue weighted by Crippen LogP contribution is -2.02. The molecule has 1 aromatic heterocycles. The van der Waals surface area contributed by atoms with E-state index in [0.717, 1.165) is 16.8 Å². The smallest absolute Gasteiger partial charge is 0.335 e. The molecule has 0 spiro atoms. The van der Waals surface area contributed by atoms with Crippen molar-refractivity contribution in [1.82, 2.24) is 5.16 Å². The molecular weight excluding hydrogens is 246 g/mol. The van der Waals surface area contributed by atoms with Crippen molar-refractivity contribution >= 4 is 5.97 Å². The highest BCUT2D eigenvalue weighted by molar-refractivity contribution is 5.88. The van der Waals surface area contributed by atoms with Gasteiger partial charge in [0.05, 0.1) is 16.8 Å². The third kappa shape index (κ3) is 2.76. The summed E-state index contributed by atoms with van der Waals surface area (Å²) in [7, 11) is 0. The molecule has 0 aliphatic carbocycles. The Kier molecular flexibility index (Phi) is 3.55. The third-order valence-corrected chi connectivity index (χ3v) is 2.99. The highest BCUT2D eigenvalue weighted by atomic mass is 16.5. The summed E-state index contributed by atoms with van der Waals surface area (Å²) < 4.78 is 10.7. The summed E-state index contributed by atoms with van der Waals surface area (Å²) in [6.07, 6.45) is 0. The Morgan fingerprint density at radius 3 is 2.68 bits per heavy atom. The molecule has 0 aliphatic rings. The largest absolute Gasteiger partial charge is 0.488 e. The van der Waals surface area contributed by atoms with Crippen LogP contribution in [0.25, 0.3) is 0 Å². The first-order valence-corrected chi connectivity index (χ1v) is 5.87. The van der Waals surface area contributed by atoms with Gasteiger partial charge < -0.3 is 14.4 Å². The highest BCUT2D eigenvalue weighted by Gasteiger charge is 2.11. The molecule has 1 heterocycles. The SMILES string of the molecule is Cc1ccc(C(=O)O)cc1OCc1c(C)noc1C. The monoisotopic (exact) mass is 261 g/mol. The molecule has 0 radical (unpaired) electrons. The fourth-order valence-corrected chi connectivity index (χ4v) is 1.75. The van der Waals surface area contributed by atoms with E-state index >= 15 is 0 Å². The second-order valence-electron chi connectivity index (χ2n) is 4.38. The third-order valence-electron chi connectivity index (χ3n) is 2.99. The summed E-state index contributed by atoms with van der Waals surface area (Å²) in [5.41, 5.74) is 2.76. The summed E-state index contributed by atoms with van der Waals surface area (Å²) in [6, 6.07) is 4.81. The number of aromatic carboxylic acids is 1. The zero-order chi connectivity index (χ0) is 14.0. The van der Waals surface area contributed by atoms with Crippen LogP contribution in [0.5, 0.6) is 5.75 Å². The van der Waals surface area contributed by atoms with Crippen molar-refractivity contribution < 1.29 is 19.2 Å². The molecule has 5 nitrogen and oxygen atoms in total. The fraction of sp³-hybridized carbons (Fsp3) is 0.286. The summed E-state index contributed by atoms with van der Waals surface area (Å²) in [6.45, 7) is 5.84. The van der Waals surface area contributed by atoms with E-state index in [2.05, 4.69) is 5.16 Å². The predicted octanol–water partition coefficient (Wildman–Crippen LogP) is 2.88. The second-order valence-corrected chi connectivity index (χ2v) is 4.38. The molecular formula is C14H15NO4.